The van der Waals surface area contributed by atoms with E-state index in [1.165, 1.54) is 17.7 Å². The Morgan fingerprint density at radius 3 is 2.57 bits per heavy atom. The van der Waals surface area contributed by atoms with Crippen molar-refractivity contribution in [2.45, 2.75) is 39.2 Å². The van der Waals surface area contributed by atoms with E-state index in [0.29, 0.717) is 37.4 Å². The van der Waals surface area contributed by atoms with Gasteiger partial charge in [-0.3, -0.25) is 14.9 Å². The summed E-state index contributed by atoms with van der Waals surface area (Å²) in [6.45, 7) is 4.82. The summed E-state index contributed by atoms with van der Waals surface area (Å²) in [5.74, 6) is 1.10. The summed E-state index contributed by atoms with van der Waals surface area (Å²) >= 11 is 0. The molecule has 1 unspecified atom stereocenters. The second-order valence-corrected chi connectivity index (χ2v) is 6.61. The van der Waals surface area contributed by atoms with E-state index < -0.39 is 11.0 Å². The summed E-state index contributed by atoms with van der Waals surface area (Å²) in [7, 11) is 0. The molecule has 148 valence electrons. The van der Waals surface area contributed by atoms with E-state index in [2.05, 4.69) is 6.92 Å². The molecule has 1 atom stereocenters. The molecule has 0 N–H and O–H groups in total. The van der Waals surface area contributed by atoms with E-state index in [9.17, 15) is 14.9 Å². The van der Waals surface area contributed by atoms with Crippen LogP contribution in [0.1, 0.15) is 32.3 Å². The van der Waals surface area contributed by atoms with Crippen molar-refractivity contribution < 1.29 is 19.2 Å². The topological polar surface area (TPSA) is 81.9 Å². The van der Waals surface area contributed by atoms with Crippen LogP contribution in [-0.4, -0.2) is 30.1 Å². The highest BCUT2D eigenvalue weighted by Gasteiger charge is 2.34. The summed E-state index contributed by atoms with van der Waals surface area (Å²) in [6, 6.07) is 12.3. The van der Waals surface area contributed by atoms with Gasteiger partial charge in [0, 0.05) is 18.7 Å². The molecule has 1 amide bonds. The molecule has 7 heteroatoms. The summed E-state index contributed by atoms with van der Waals surface area (Å²) in [5, 5.41) is 11.1. The summed E-state index contributed by atoms with van der Waals surface area (Å²) in [5.41, 5.74) is 1.62. The third-order valence-corrected chi connectivity index (χ3v) is 4.75. The lowest BCUT2D eigenvalue weighted by molar-refractivity contribution is -0.384. The van der Waals surface area contributed by atoms with Gasteiger partial charge in [0.1, 0.15) is 11.5 Å². The Morgan fingerprint density at radius 1 is 1.18 bits per heavy atom. The van der Waals surface area contributed by atoms with Gasteiger partial charge in [0.15, 0.2) is 6.10 Å². The molecular weight excluding hydrogens is 360 g/mol. The molecule has 2 aromatic rings. The third-order valence-electron chi connectivity index (χ3n) is 4.75. The second-order valence-electron chi connectivity index (χ2n) is 6.61. The molecule has 0 aliphatic carbocycles. The van der Waals surface area contributed by atoms with Crippen molar-refractivity contribution in [3.8, 4) is 11.5 Å². The Morgan fingerprint density at radius 2 is 1.93 bits per heavy atom. The van der Waals surface area contributed by atoms with Gasteiger partial charge in [-0.2, -0.15) is 0 Å². The van der Waals surface area contributed by atoms with Crippen LogP contribution in [0, 0.1) is 10.1 Å². The van der Waals surface area contributed by atoms with Crippen molar-refractivity contribution in [1.82, 2.24) is 0 Å². The molecule has 2 aromatic carbocycles. The molecule has 0 saturated carbocycles. The molecule has 3 rings (SSSR count). The van der Waals surface area contributed by atoms with Crippen LogP contribution in [0.4, 0.5) is 11.4 Å². The molecule has 7 nitrogen and oxygen atoms in total. The molecular formula is C21H24N2O5. The highest BCUT2D eigenvalue weighted by Crippen LogP contribution is 2.37. The first-order valence-corrected chi connectivity index (χ1v) is 9.51. The minimum atomic E-state index is -0.573. The molecule has 0 radical (unpaired) electrons. The number of anilines is 1. The molecule has 28 heavy (non-hydrogen) atoms. The van der Waals surface area contributed by atoms with Gasteiger partial charge >= 0.3 is 0 Å². The first-order chi connectivity index (χ1) is 13.5. The van der Waals surface area contributed by atoms with Gasteiger partial charge in [0.2, 0.25) is 0 Å². The number of nitro groups is 1. The summed E-state index contributed by atoms with van der Waals surface area (Å²) in [4.78, 5) is 24.9. The minimum Gasteiger partial charge on any atom is -0.494 e. The van der Waals surface area contributed by atoms with Crippen LogP contribution in [-0.2, 0) is 11.2 Å². The highest BCUT2D eigenvalue weighted by molar-refractivity contribution is 6.00. The number of amides is 1. The van der Waals surface area contributed by atoms with Crippen molar-refractivity contribution in [3.05, 3.63) is 58.1 Å². The Bertz CT molecular complexity index is 850. The van der Waals surface area contributed by atoms with Crippen LogP contribution in [0.25, 0.3) is 0 Å². The Hall–Kier alpha value is -3.09. The smallest absolute Gasteiger partial charge is 0.271 e. The number of rotatable bonds is 8. The van der Waals surface area contributed by atoms with Gasteiger partial charge in [-0.25, -0.2) is 0 Å². The van der Waals surface area contributed by atoms with E-state index >= 15 is 0 Å². The molecule has 0 bridgehead atoms. The Kier molecular flexibility index (Phi) is 6.13. The zero-order chi connectivity index (χ0) is 20.1. The van der Waals surface area contributed by atoms with Gasteiger partial charge in [-0.1, -0.05) is 26.0 Å². The number of nitrogens with zero attached hydrogens (tertiary/aromatic N) is 2. The van der Waals surface area contributed by atoms with Crippen molar-refractivity contribution in [3.63, 3.8) is 0 Å². The fourth-order valence-corrected chi connectivity index (χ4v) is 3.15. The third kappa shape index (κ3) is 4.24. The Labute approximate surface area is 164 Å². The summed E-state index contributed by atoms with van der Waals surface area (Å²) in [6.07, 6.45) is 1.53. The van der Waals surface area contributed by atoms with Gasteiger partial charge < -0.3 is 14.4 Å². The monoisotopic (exact) mass is 384 g/mol. The number of benzene rings is 2. The standard InChI is InChI=1S/C21H24N2O5/c1-3-15-6-9-17(10-7-15)27-13-5-12-22-18-14-16(23(25)26)8-11-20(18)28-19(4-2)21(22)24/h6-11,14,19H,3-5,12-13H2,1-2H3. The number of non-ortho nitro benzene ring substituents is 1. The lowest BCUT2D eigenvalue weighted by Gasteiger charge is -2.33. The number of ether oxygens (including phenoxy) is 2. The first kappa shape index (κ1) is 19.7. The quantitative estimate of drug-likeness (QED) is 0.388. The predicted octanol–water partition coefficient (Wildman–Crippen LogP) is 4.13. The fraction of sp³-hybridized carbons (Fsp3) is 0.381. The molecule has 1 heterocycles. The van der Waals surface area contributed by atoms with Gasteiger partial charge in [0.25, 0.3) is 11.6 Å². The normalized spacial score (nSPS) is 15.7. The maximum Gasteiger partial charge on any atom is 0.271 e. The number of hydrogen-bond donors (Lipinski definition) is 0. The maximum atomic E-state index is 12.7. The highest BCUT2D eigenvalue weighted by atomic mass is 16.6. The average Bonchev–Trinajstić information content (AvgIpc) is 2.72. The van der Waals surface area contributed by atoms with E-state index in [0.717, 1.165) is 12.2 Å². The Balaban J connectivity index is 1.68. The molecule has 0 fully saturated rings. The number of nitro benzene ring substituents is 1. The van der Waals surface area contributed by atoms with Crippen LogP contribution < -0.4 is 14.4 Å². The zero-order valence-electron chi connectivity index (χ0n) is 16.1. The fourth-order valence-electron chi connectivity index (χ4n) is 3.15. The molecule has 1 aliphatic heterocycles. The van der Waals surface area contributed by atoms with Gasteiger partial charge in [-0.15, -0.1) is 0 Å². The lowest BCUT2D eigenvalue weighted by atomic mass is 10.1. The van der Waals surface area contributed by atoms with Crippen LogP contribution in [0.2, 0.25) is 0 Å². The van der Waals surface area contributed by atoms with Crippen LogP contribution in [0.5, 0.6) is 11.5 Å². The van der Waals surface area contributed by atoms with Crippen molar-refractivity contribution in [2.75, 3.05) is 18.1 Å². The van der Waals surface area contributed by atoms with E-state index in [1.54, 1.807) is 11.0 Å². The number of fused-ring (bicyclic) bond motifs is 1. The number of carbonyl (C=O) groups excluding carboxylic acids is 1. The SMILES string of the molecule is CCc1ccc(OCCCN2C(=O)C(CC)Oc3ccc([N+](=O)[O-])cc32)cc1. The molecule has 0 saturated heterocycles. The first-order valence-electron chi connectivity index (χ1n) is 9.51. The number of hydrogen-bond acceptors (Lipinski definition) is 5. The van der Waals surface area contributed by atoms with Gasteiger partial charge in [-0.05, 0) is 43.0 Å². The van der Waals surface area contributed by atoms with Gasteiger partial charge in [0.05, 0.1) is 17.2 Å². The minimum absolute atomic E-state index is 0.0673. The number of carbonyl (C=O) groups is 1. The average molecular weight is 384 g/mol. The summed E-state index contributed by atoms with van der Waals surface area (Å²) < 4.78 is 11.5. The lowest BCUT2D eigenvalue weighted by Crippen LogP contribution is -2.46. The predicted molar refractivity (Wildman–Crippen MR) is 106 cm³/mol. The van der Waals surface area contributed by atoms with Crippen molar-refractivity contribution in [1.29, 1.82) is 0 Å². The van der Waals surface area contributed by atoms with E-state index in [1.807, 2.05) is 31.2 Å². The van der Waals surface area contributed by atoms with E-state index in [-0.39, 0.29) is 11.6 Å². The molecule has 1 aliphatic rings. The van der Waals surface area contributed by atoms with Crippen molar-refractivity contribution >= 4 is 17.3 Å². The van der Waals surface area contributed by atoms with E-state index in [4.69, 9.17) is 9.47 Å². The van der Waals surface area contributed by atoms with Crippen LogP contribution in [0.15, 0.2) is 42.5 Å². The second kappa shape index (κ2) is 8.73. The van der Waals surface area contributed by atoms with Crippen LogP contribution in [0.3, 0.4) is 0 Å². The maximum absolute atomic E-state index is 12.7. The molecule has 0 aromatic heterocycles. The van der Waals surface area contributed by atoms with Crippen LogP contribution >= 0.6 is 0 Å². The zero-order valence-corrected chi connectivity index (χ0v) is 16.1. The largest absolute Gasteiger partial charge is 0.494 e. The number of aryl methyl sites for hydroxylation is 1. The van der Waals surface area contributed by atoms with Crippen molar-refractivity contribution in [2.24, 2.45) is 0 Å². The molecule has 0 spiro atoms.